The van der Waals surface area contributed by atoms with Crippen LogP contribution in [0.4, 0.5) is 5.69 Å². The Morgan fingerprint density at radius 1 is 1.26 bits per heavy atom. The number of para-hydroxylation sites is 1. The summed E-state index contributed by atoms with van der Waals surface area (Å²) < 4.78 is 5.12. The number of carbonyl (C=O) groups is 1. The van der Waals surface area contributed by atoms with E-state index in [1.54, 1.807) is 25.3 Å². The molecule has 0 unspecified atom stereocenters. The molecule has 1 aromatic heterocycles. The molecule has 0 aliphatic rings. The number of carbonyl (C=O) groups excluding carboxylic acids is 1. The van der Waals surface area contributed by atoms with Crippen LogP contribution in [-0.4, -0.2) is 23.8 Å². The lowest BCUT2D eigenvalue weighted by atomic mass is 10.1. The molecule has 5 heteroatoms. The number of rotatable bonds is 4. The number of halogens is 1. The van der Waals surface area contributed by atoms with Crippen LogP contribution in [0.1, 0.15) is 23.0 Å². The lowest BCUT2D eigenvalue weighted by Crippen LogP contribution is -2.07. The molecule has 0 saturated carbocycles. The maximum absolute atomic E-state index is 12.2. The van der Waals surface area contributed by atoms with Crippen LogP contribution in [0, 0.1) is 0 Å². The van der Waals surface area contributed by atoms with Gasteiger partial charge in [-0.15, -0.1) is 0 Å². The Kier molecular flexibility index (Phi) is 4.44. The van der Waals surface area contributed by atoms with Crippen LogP contribution in [0.2, 0.25) is 5.02 Å². The number of hydrogen-bond acceptors (Lipinski definition) is 3. The molecule has 0 aliphatic heterocycles. The Hall–Kier alpha value is -2.59. The first kappa shape index (κ1) is 15.3. The van der Waals surface area contributed by atoms with Crippen LogP contribution in [0.25, 0.3) is 10.9 Å². The molecule has 0 amide bonds. The highest BCUT2D eigenvalue weighted by Crippen LogP contribution is 2.25. The van der Waals surface area contributed by atoms with Crippen LogP contribution in [0.5, 0.6) is 0 Å². The van der Waals surface area contributed by atoms with Gasteiger partial charge < -0.3 is 9.72 Å². The predicted molar refractivity (Wildman–Crippen MR) is 93.0 cm³/mol. The summed E-state index contributed by atoms with van der Waals surface area (Å²) in [6.45, 7) is 2.08. The maximum atomic E-state index is 12.2. The number of aliphatic imine (C=N–C) groups is 1. The van der Waals surface area contributed by atoms with Gasteiger partial charge in [0.2, 0.25) is 0 Å². The Balaban J connectivity index is 2.10. The smallest absolute Gasteiger partial charge is 0.355 e. The van der Waals surface area contributed by atoms with Crippen molar-refractivity contribution in [1.82, 2.24) is 4.98 Å². The molecule has 3 aromatic rings. The molecule has 23 heavy (non-hydrogen) atoms. The van der Waals surface area contributed by atoms with Crippen molar-refractivity contribution in [1.29, 1.82) is 0 Å². The van der Waals surface area contributed by atoms with Gasteiger partial charge in [0, 0.05) is 27.7 Å². The molecule has 0 bridgehead atoms. The number of aromatic amines is 1. The number of benzene rings is 2. The van der Waals surface area contributed by atoms with E-state index >= 15 is 0 Å². The van der Waals surface area contributed by atoms with Gasteiger partial charge in [-0.05, 0) is 31.2 Å². The molecule has 116 valence electrons. The largest absolute Gasteiger partial charge is 0.461 e. The molecule has 4 nitrogen and oxygen atoms in total. The number of H-pyrrole nitrogens is 1. The highest BCUT2D eigenvalue weighted by molar-refractivity contribution is 6.31. The minimum atomic E-state index is -0.408. The van der Waals surface area contributed by atoms with Gasteiger partial charge in [0.05, 0.1) is 12.3 Å². The van der Waals surface area contributed by atoms with Crippen molar-refractivity contribution >= 4 is 40.4 Å². The number of hydrogen-bond donors (Lipinski definition) is 1. The molecule has 1 heterocycles. The molecular weight excluding hydrogens is 312 g/mol. The van der Waals surface area contributed by atoms with Crippen LogP contribution in [0.3, 0.4) is 0 Å². The lowest BCUT2D eigenvalue weighted by molar-refractivity contribution is 0.0520. The zero-order valence-corrected chi connectivity index (χ0v) is 13.3. The summed E-state index contributed by atoms with van der Waals surface area (Å²) in [5, 5.41) is 1.47. The fraction of sp³-hybridized carbons (Fsp3) is 0.111. The van der Waals surface area contributed by atoms with Crippen molar-refractivity contribution in [3.8, 4) is 0 Å². The van der Waals surface area contributed by atoms with E-state index in [0.29, 0.717) is 22.9 Å². The average molecular weight is 327 g/mol. The quantitative estimate of drug-likeness (QED) is 0.555. The summed E-state index contributed by atoms with van der Waals surface area (Å²) in [7, 11) is 0. The summed E-state index contributed by atoms with van der Waals surface area (Å²) >= 11 is 6.02. The summed E-state index contributed by atoms with van der Waals surface area (Å²) in [5.74, 6) is -0.408. The van der Waals surface area contributed by atoms with Gasteiger partial charge >= 0.3 is 5.97 Å². The standard InChI is InChI=1S/C18H15ClN2O2/c1-2-23-18(22)17-15(11-20-13-6-4-3-5-7-13)14-9-8-12(19)10-16(14)21-17/h3-11,21H,2H2,1H3. The molecule has 0 atom stereocenters. The van der Waals surface area contributed by atoms with Gasteiger partial charge in [0.1, 0.15) is 5.69 Å². The lowest BCUT2D eigenvalue weighted by Gasteiger charge is -2.00. The summed E-state index contributed by atoms with van der Waals surface area (Å²) in [6, 6.07) is 15.0. The fourth-order valence-electron chi connectivity index (χ4n) is 2.34. The summed E-state index contributed by atoms with van der Waals surface area (Å²) in [4.78, 5) is 19.7. The molecule has 0 saturated heterocycles. The zero-order valence-electron chi connectivity index (χ0n) is 12.5. The monoisotopic (exact) mass is 326 g/mol. The molecule has 2 aromatic carbocycles. The number of fused-ring (bicyclic) bond motifs is 1. The third-order valence-corrected chi connectivity index (χ3v) is 3.61. The van der Waals surface area contributed by atoms with E-state index in [-0.39, 0.29) is 0 Å². The molecular formula is C18H15ClN2O2. The van der Waals surface area contributed by atoms with E-state index in [2.05, 4.69) is 9.98 Å². The SMILES string of the molecule is CCOC(=O)c1[nH]c2cc(Cl)ccc2c1C=Nc1ccccc1. The fourth-order valence-corrected chi connectivity index (χ4v) is 2.52. The van der Waals surface area contributed by atoms with Crippen molar-refractivity contribution in [2.24, 2.45) is 4.99 Å². The molecule has 0 spiro atoms. The van der Waals surface area contributed by atoms with Crippen LogP contribution in [-0.2, 0) is 4.74 Å². The second-order valence-electron chi connectivity index (χ2n) is 4.92. The third-order valence-electron chi connectivity index (χ3n) is 3.38. The molecule has 0 fully saturated rings. The Bertz CT molecular complexity index is 869. The van der Waals surface area contributed by atoms with Gasteiger partial charge in [-0.25, -0.2) is 4.79 Å². The number of nitrogens with zero attached hydrogens (tertiary/aromatic N) is 1. The average Bonchev–Trinajstić information content (AvgIpc) is 2.92. The highest BCUT2D eigenvalue weighted by atomic mass is 35.5. The van der Waals surface area contributed by atoms with E-state index in [1.165, 1.54) is 0 Å². The van der Waals surface area contributed by atoms with Crippen molar-refractivity contribution < 1.29 is 9.53 Å². The van der Waals surface area contributed by atoms with E-state index in [4.69, 9.17) is 16.3 Å². The first-order chi connectivity index (χ1) is 11.2. The van der Waals surface area contributed by atoms with Crippen molar-refractivity contribution in [2.45, 2.75) is 6.92 Å². The topological polar surface area (TPSA) is 54.5 Å². The number of nitrogens with one attached hydrogen (secondary N) is 1. The van der Waals surface area contributed by atoms with Crippen LogP contribution in [0.15, 0.2) is 53.5 Å². The maximum Gasteiger partial charge on any atom is 0.355 e. The van der Waals surface area contributed by atoms with E-state index in [0.717, 1.165) is 16.6 Å². The molecule has 0 radical (unpaired) electrons. The van der Waals surface area contributed by atoms with Crippen LogP contribution < -0.4 is 0 Å². The first-order valence-corrected chi connectivity index (χ1v) is 7.64. The van der Waals surface area contributed by atoms with Gasteiger partial charge in [-0.1, -0.05) is 35.9 Å². The van der Waals surface area contributed by atoms with E-state index in [1.807, 2.05) is 36.4 Å². The minimum Gasteiger partial charge on any atom is -0.461 e. The molecule has 3 rings (SSSR count). The van der Waals surface area contributed by atoms with E-state index < -0.39 is 5.97 Å². The summed E-state index contributed by atoms with van der Waals surface area (Å²) in [6.07, 6.45) is 1.67. The van der Waals surface area contributed by atoms with Gasteiger partial charge in [-0.3, -0.25) is 4.99 Å². The van der Waals surface area contributed by atoms with Crippen LogP contribution >= 0.6 is 11.6 Å². The Morgan fingerprint density at radius 3 is 2.78 bits per heavy atom. The summed E-state index contributed by atoms with van der Waals surface area (Å²) in [5.41, 5.74) is 2.66. The second kappa shape index (κ2) is 6.67. The molecule has 0 aliphatic carbocycles. The Morgan fingerprint density at radius 2 is 2.04 bits per heavy atom. The molecule has 1 N–H and O–H groups in total. The third kappa shape index (κ3) is 3.27. The number of ether oxygens (including phenoxy) is 1. The second-order valence-corrected chi connectivity index (χ2v) is 5.35. The normalized spacial score (nSPS) is 11.2. The zero-order chi connectivity index (χ0) is 16.2. The number of aromatic nitrogens is 1. The van der Waals surface area contributed by atoms with Crippen molar-refractivity contribution in [2.75, 3.05) is 6.61 Å². The van der Waals surface area contributed by atoms with Gasteiger partial charge in [0.15, 0.2) is 0 Å². The number of esters is 1. The van der Waals surface area contributed by atoms with Gasteiger partial charge in [0.25, 0.3) is 0 Å². The Labute approximate surface area is 138 Å². The van der Waals surface area contributed by atoms with Crippen molar-refractivity contribution in [3.05, 3.63) is 64.8 Å². The minimum absolute atomic E-state index is 0.310. The highest BCUT2D eigenvalue weighted by Gasteiger charge is 2.17. The van der Waals surface area contributed by atoms with Gasteiger partial charge in [-0.2, -0.15) is 0 Å². The first-order valence-electron chi connectivity index (χ1n) is 7.26. The van der Waals surface area contributed by atoms with E-state index in [9.17, 15) is 4.79 Å². The predicted octanol–water partition coefficient (Wildman–Crippen LogP) is 4.75. The van der Waals surface area contributed by atoms with Crippen molar-refractivity contribution in [3.63, 3.8) is 0 Å².